The average Bonchev–Trinajstić information content (AvgIpc) is 2.73. The van der Waals surface area contributed by atoms with E-state index < -0.39 is 0 Å². The zero-order valence-corrected chi connectivity index (χ0v) is 9.93. The van der Waals surface area contributed by atoms with Gasteiger partial charge in [-0.3, -0.25) is 4.79 Å². The van der Waals surface area contributed by atoms with E-state index in [1.54, 1.807) is 11.0 Å². The van der Waals surface area contributed by atoms with E-state index in [9.17, 15) is 9.90 Å². The lowest BCUT2D eigenvalue weighted by atomic mass is 10.1. The number of piperidine rings is 1. The minimum atomic E-state index is -0.254. The number of aliphatic hydroxyl groups is 1. The molecule has 0 aromatic carbocycles. The third kappa shape index (κ3) is 3.20. The minimum absolute atomic E-state index is 0.0223. The van der Waals surface area contributed by atoms with Crippen molar-refractivity contribution in [2.75, 3.05) is 13.1 Å². The van der Waals surface area contributed by atoms with Gasteiger partial charge < -0.3 is 14.4 Å². The van der Waals surface area contributed by atoms with Crippen LogP contribution >= 0.6 is 0 Å². The summed E-state index contributed by atoms with van der Waals surface area (Å²) >= 11 is 0. The normalized spacial score (nSPS) is 17.9. The Hall–Kier alpha value is -1.55. The molecule has 2 rings (SSSR count). The van der Waals surface area contributed by atoms with Crippen molar-refractivity contribution in [1.29, 1.82) is 0 Å². The van der Waals surface area contributed by atoms with Crippen LogP contribution in [0.5, 0.6) is 0 Å². The van der Waals surface area contributed by atoms with Crippen molar-refractivity contribution in [2.24, 2.45) is 0 Å². The van der Waals surface area contributed by atoms with Gasteiger partial charge in [0.1, 0.15) is 11.5 Å². The highest BCUT2D eigenvalue weighted by Gasteiger charge is 2.19. The van der Waals surface area contributed by atoms with E-state index in [0.717, 1.165) is 5.76 Å². The number of rotatable bonds is 2. The van der Waals surface area contributed by atoms with Crippen LogP contribution in [0.25, 0.3) is 6.08 Å². The van der Waals surface area contributed by atoms with Crippen LogP contribution in [0.15, 0.2) is 22.6 Å². The van der Waals surface area contributed by atoms with E-state index in [2.05, 4.69) is 0 Å². The fourth-order valence-corrected chi connectivity index (χ4v) is 1.89. The second kappa shape index (κ2) is 5.19. The van der Waals surface area contributed by atoms with Gasteiger partial charge in [-0.25, -0.2) is 0 Å². The fraction of sp³-hybridized carbons (Fsp3) is 0.462. The molecule has 0 spiro atoms. The number of aliphatic hydroxyl groups excluding tert-OH is 1. The summed E-state index contributed by atoms with van der Waals surface area (Å²) in [5.41, 5.74) is 0. The number of nitrogens with zero attached hydrogens (tertiary/aromatic N) is 1. The van der Waals surface area contributed by atoms with E-state index in [1.807, 2.05) is 19.1 Å². The van der Waals surface area contributed by atoms with E-state index >= 15 is 0 Å². The Morgan fingerprint density at radius 3 is 2.76 bits per heavy atom. The lowest BCUT2D eigenvalue weighted by Crippen LogP contribution is -2.39. The highest BCUT2D eigenvalue weighted by Crippen LogP contribution is 2.12. The number of aryl methyl sites for hydroxylation is 1. The summed E-state index contributed by atoms with van der Waals surface area (Å²) in [5, 5.41) is 9.35. The van der Waals surface area contributed by atoms with Crippen LogP contribution in [0.2, 0.25) is 0 Å². The first-order chi connectivity index (χ1) is 8.15. The van der Waals surface area contributed by atoms with Crippen LogP contribution in [0, 0.1) is 6.92 Å². The maximum absolute atomic E-state index is 11.8. The molecule has 0 atom stereocenters. The molecule has 1 saturated heterocycles. The van der Waals surface area contributed by atoms with Crippen molar-refractivity contribution in [1.82, 2.24) is 4.90 Å². The Balaban J connectivity index is 1.90. The fourth-order valence-electron chi connectivity index (χ4n) is 1.89. The first kappa shape index (κ1) is 11.9. The lowest BCUT2D eigenvalue weighted by Gasteiger charge is -2.28. The standard InChI is InChI=1S/C13H17NO3/c1-10-2-3-12(17-10)4-5-13(16)14-8-6-11(15)7-9-14/h2-5,11,15H,6-9H2,1H3/b5-4+. The van der Waals surface area contributed by atoms with Gasteiger partial charge in [-0.15, -0.1) is 0 Å². The van der Waals surface area contributed by atoms with Crippen LogP contribution in [-0.2, 0) is 4.79 Å². The molecular formula is C13H17NO3. The quantitative estimate of drug-likeness (QED) is 0.792. The SMILES string of the molecule is Cc1ccc(/C=C/C(=O)N2CCC(O)CC2)o1. The number of hydrogen-bond donors (Lipinski definition) is 1. The molecule has 92 valence electrons. The lowest BCUT2D eigenvalue weighted by molar-refractivity contribution is -0.127. The molecular weight excluding hydrogens is 218 g/mol. The largest absolute Gasteiger partial charge is 0.462 e. The Labute approximate surface area is 101 Å². The van der Waals surface area contributed by atoms with Crippen LogP contribution in [-0.4, -0.2) is 35.1 Å². The number of likely N-dealkylation sites (tertiary alicyclic amines) is 1. The van der Waals surface area contributed by atoms with Crippen molar-refractivity contribution < 1.29 is 14.3 Å². The van der Waals surface area contributed by atoms with Gasteiger partial charge in [0, 0.05) is 19.2 Å². The predicted octanol–water partition coefficient (Wildman–Crippen LogP) is 1.58. The van der Waals surface area contributed by atoms with E-state index in [0.29, 0.717) is 31.7 Å². The summed E-state index contributed by atoms with van der Waals surface area (Å²) in [6.07, 6.45) is 4.28. The maximum atomic E-state index is 11.8. The highest BCUT2D eigenvalue weighted by molar-refractivity contribution is 5.91. The molecule has 0 unspecified atom stereocenters. The molecule has 1 aliphatic heterocycles. The smallest absolute Gasteiger partial charge is 0.246 e. The van der Waals surface area contributed by atoms with Gasteiger partial charge in [0.15, 0.2) is 0 Å². The van der Waals surface area contributed by atoms with Crippen LogP contribution < -0.4 is 0 Å². The topological polar surface area (TPSA) is 53.7 Å². The molecule has 0 bridgehead atoms. The summed E-state index contributed by atoms with van der Waals surface area (Å²) in [5.74, 6) is 1.50. The van der Waals surface area contributed by atoms with Crippen molar-refractivity contribution >= 4 is 12.0 Å². The van der Waals surface area contributed by atoms with Gasteiger partial charge in [-0.1, -0.05) is 0 Å². The summed E-state index contributed by atoms with van der Waals surface area (Å²) < 4.78 is 5.34. The summed E-state index contributed by atoms with van der Waals surface area (Å²) in [6, 6.07) is 3.69. The molecule has 0 saturated carbocycles. The van der Waals surface area contributed by atoms with Crippen LogP contribution in [0.1, 0.15) is 24.4 Å². The first-order valence-corrected chi connectivity index (χ1v) is 5.86. The number of carbonyl (C=O) groups excluding carboxylic acids is 1. The molecule has 17 heavy (non-hydrogen) atoms. The van der Waals surface area contributed by atoms with E-state index in [1.165, 1.54) is 6.08 Å². The number of hydrogen-bond acceptors (Lipinski definition) is 3. The average molecular weight is 235 g/mol. The number of furan rings is 1. The van der Waals surface area contributed by atoms with Gasteiger partial charge in [-0.05, 0) is 38.0 Å². The molecule has 1 amide bonds. The van der Waals surface area contributed by atoms with Gasteiger partial charge in [-0.2, -0.15) is 0 Å². The third-order valence-electron chi connectivity index (χ3n) is 2.93. The Morgan fingerprint density at radius 1 is 1.47 bits per heavy atom. The van der Waals surface area contributed by atoms with Crippen molar-refractivity contribution in [3.8, 4) is 0 Å². The van der Waals surface area contributed by atoms with Gasteiger partial charge >= 0.3 is 0 Å². The number of amides is 1. The summed E-state index contributed by atoms with van der Waals surface area (Å²) in [4.78, 5) is 13.5. The molecule has 1 aromatic heterocycles. The second-order valence-corrected chi connectivity index (χ2v) is 4.34. The molecule has 1 aliphatic rings. The van der Waals surface area contributed by atoms with Crippen molar-refractivity contribution in [2.45, 2.75) is 25.9 Å². The Bertz CT molecular complexity index is 414. The van der Waals surface area contributed by atoms with E-state index in [-0.39, 0.29) is 12.0 Å². The zero-order valence-electron chi connectivity index (χ0n) is 9.93. The molecule has 1 aromatic rings. The molecule has 0 radical (unpaired) electrons. The van der Waals surface area contributed by atoms with Crippen LogP contribution in [0.4, 0.5) is 0 Å². The van der Waals surface area contributed by atoms with Gasteiger partial charge in [0.2, 0.25) is 5.91 Å². The summed E-state index contributed by atoms with van der Waals surface area (Å²) in [6.45, 7) is 3.12. The maximum Gasteiger partial charge on any atom is 0.246 e. The number of carbonyl (C=O) groups is 1. The molecule has 4 nitrogen and oxygen atoms in total. The molecule has 1 fully saturated rings. The van der Waals surface area contributed by atoms with Crippen molar-refractivity contribution in [3.63, 3.8) is 0 Å². The Morgan fingerprint density at radius 2 is 2.18 bits per heavy atom. The Kier molecular flexibility index (Phi) is 3.64. The zero-order chi connectivity index (χ0) is 12.3. The van der Waals surface area contributed by atoms with Gasteiger partial charge in [0.25, 0.3) is 0 Å². The van der Waals surface area contributed by atoms with Crippen LogP contribution in [0.3, 0.4) is 0 Å². The van der Waals surface area contributed by atoms with Crippen molar-refractivity contribution in [3.05, 3.63) is 29.7 Å². The monoisotopic (exact) mass is 235 g/mol. The third-order valence-corrected chi connectivity index (χ3v) is 2.93. The molecule has 1 N–H and O–H groups in total. The summed E-state index contributed by atoms with van der Waals surface area (Å²) in [7, 11) is 0. The second-order valence-electron chi connectivity index (χ2n) is 4.34. The molecule has 2 heterocycles. The predicted molar refractivity (Wildman–Crippen MR) is 64.3 cm³/mol. The first-order valence-electron chi connectivity index (χ1n) is 5.86. The van der Waals surface area contributed by atoms with E-state index in [4.69, 9.17) is 4.42 Å². The molecule has 4 heteroatoms. The highest BCUT2D eigenvalue weighted by atomic mass is 16.3. The van der Waals surface area contributed by atoms with Gasteiger partial charge in [0.05, 0.1) is 6.10 Å². The minimum Gasteiger partial charge on any atom is -0.462 e. The molecule has 0 aliphatic carbocycles.